The Hall–Kier alpha value is 1.92. The van der Waals surface area contributed by atoms with Gasteiger partial charge in [-0.25, -0.2) is 0 Å². The van der Waals surface area contributed by atoms with E-state index in [2.05, 4.69) is 63.7 Å². The molecule has 0 nitrogen and oxygen atoms in total. The molecule has 0 amide bonds. The van der Waals surface area contributed by atoms with Crippen molar-refractivity contribution in [1.29, 1.82) is 0 Å². The summed E-state index contributed by atoms with van der Waals surface area (Å²) in [5, 5.41) is 0. The molecular weight excluding hydrogens is 488 g/mol. The van der Waals surface area contributed by atoms with Crippen LogP contribution >= 0.6 is 63.7 Å². The zero-order chi connectivity index (χ0) is 12.3. The summed E-state index contributed by atoms with van der Waals surface area (Å²) in [5.41, 5.74) is 0. The summed E-state index contributed by atoms with van der Waals surface area (Å²) in [7, 11) is 0. The van der Waals surface area contributed by atoms with E-state index in [9.17, 15) is 0 Å². The van der Waals surface area contributed by atoms with Crippen LogP contribution in [0.2, 0.25) is 0 Å². The van der Waals surface area contributed by atoms with E-state index in [-0.39, 0.29) is 0 Å². The van der Waals surface area contributed by atoms with Gasteiger partial charge in [-0.3, -0.25) is 0 Å². The fourth-order valence-corrected chi connectivity index (χ4v) is 12.8. The first kappa shape index (κ1) is 12.5. The highest BCUT2D eigenvalue weighted by molar-refractivity contribution is 9.10. The molecule has 12 atom stereocenters. The second-order valence-electron chi connectivity index (χ2n) is 7.20. The summed E-state index contributed by atoms with van der Waals surface area (Å²) in [6, 6.07) is 0. The third-order valence-electron chi connectivity index (χ3n) is 7.06. The van der Waals surface area contributed by atoms with Crippen LogP contribution in [-0.4, -0.2) is 19.3 Å². The summed E-state index contributed by atoms with van der Waals surface area (Å²) in [5.74, 6) is 7.71. The highest BCUT2D eigenvalue weighted by Crippen LogP contribution is 2.75. The summed E-state index contributed by atoms with van der Waals surface area (Å²) in [6.07, 6.45) is 2.92. The molecule has 18 heavy (non-hydrogen) atoms. The topological polar surface area (TPSA) is 0 Å². The Bertz CT molecular complexity index is 413. The molecule has 5 fully saturated rings. The lowest BCUT2D eigenvalue weighted by atomic mass is 9.60. The second-order valence-corrected chi connectivity index (χ2v) is 11.5. The highest BCUT2D eigenvalue weighted by atomic mass is 79.9. The van der Waals surface area contributed by atoms with Crippen LogP contribution in [-0.2, 0) is 0 Å². The Morgan fingerprint density at radius 2 is 1.06 bits per heavy atom. The van der Waals surface area contributed by atoms with Crippen LogP contribution in [0.4, 0.5) is 0 Å². The predicted octanol–water partition coefficient (Wildman–Crippen LogP) is 4.82. The van der Waals surface area contributed by atoms with Gasteiger partial charge in [0.2, 0.25) is 0 Å². The number of halogens is 4. The molecule has 5 rings (SSSR count). The smallest absolute Gasteiger partial charge is 0.0221 e. The molecule has 0 N–H and O–H groups in total. The average molecular weight is 504 g/mol. The lowest BCUT2D eigenvalue weighted by Gasteiger charge is -2.49. The van der Waals surface area contributed by atoms with Gasteiger partial charge >= 0.3 is 0 Å². The largest absolute Gasteiger partial charge is 0.0887 e. The Morgan fingerprint density at radius 3 is 1.72 bits per heavy atom. The van der Waals surface area contributed by atoms with Crippen molar-refractivity contribution in [3.63, 3.8) is 0 Å². The van der Waals surface area contributed by atoms with Gasteiger partial charge in [0.05, 0.1) is 0 Å². The Kier molecular flexibility index (Phi) is 2.64. The van der Waals surface area contributed by atoms with Crippen molar-refractivity contribution < 1.29 is 0 Å². The third-order valence-corrected chi connectivity index (χ3v) is 11.8. The SMILES string of the molecule is BrC1CC2C3C(Br)C1C2C1C(Br)C2CC1C3C2Br. The Morgan fingerprint density at radius 1 is 0.500 bits per heavy atom. The van der Waals surface area contributed by atoms with Gasteiger partial charge in [0.25, 0.3) is 0 Å². The molecule has 0 spiro atoms. The minimum Gasteiger partial charge on any atom is -0.0887 e. The van der Waals surface area contributed by atoms with Crippen LogP contribution in [0.1, 0.15) is 12.8 Å². The van der Waals surface area contributed by atoms with Crippen LogP contribution in [0.3, 0.4) is 0 Å². The van der Waals surface area contributed by atoms with Crippen LogP contribution in [0.25, 0.3) is 0 Å². The van der Waals surface area contributed by atoms with E-state index in [0.29, 0.717) is 0 Å². The number of fused-ring (bicyclic) bond motifs is 2. The van der Waals surface area contributed by atoms with Crippen molar-refractivity contribution in [3.05, 3.63) is 0 Å². The lowest BCUT2D eigenvalue weighted by Crippen LogP contribution is -2.49. The molecule has 5 aliphatic carbocycles. The van der Waals surface area contributed by atoms with E-state index in [1.807, 2.05) is 0 Å². The van der Waals surface area contributed by atoms with E-state index in [4.69, 9.17) is 0 Å². The molecule has 0 aromatic carbocycles. The standard InChI is InChI=1S/C14H16Br4/c15-6-2-4-7-8-3-1-5(12(8)16)13(17)9(3)10(4)14(18)11(6)7/h3-14H,1-2H2. The fraction of sp³-hybridized carbons (Fsp3) is 1.00. The predicted molar refractivity (Wildman–Crippen MR) is 88.0 cm³/mol. The van der Waals surface area contributed by atoms with E-state index < -0.39 is 0 Å². The first-order chi connectivity index (χ1) is 8.61. The van der Waals surface area contributed by atoms with Gasteiger partial charge < -0.3 is 0 Å². The molecular formula is C14H16Br4. The maximum Gasteiger partial charge on any atom is 0.0221 e. The van der Waals surface area contributed by atoms with Crippen LogP contribution in [0, 0.1) is 47.3 Å². The molecule has 5 saturated carbocycles. The Balaban J connectivity index is 1.67. The molecule has 12 unspecified atom stereocenters. The van der Waals surface area contributed by atoms with Gasteiger partial charge in [-0.15, -0.1) is 0 Å². The molecule has 5 aliphatic rings. The molecule has 0 heterocycles. The molecule has 0 aliphatic heterocycles. The number of rotatable bonds is 0. The molecule has 0 aromatic heterocycles. The minimum atomic E-state index is 0.776. The summed E-state index contributed by atoms with van der Waals surface area (Å²) >= 11 is 16.2. The van der Waals surface area contributed by atoms with Crippen LogP contribution < -0.4 is 0 Å². The number of alkyl halides is 4. The normalized spacial score (nSPS) is 75.3. The summed E-state index contributed by atoms with van der Waals surface area (Å²) in [4.78, 5) is 3.12. The van der Waals surface area contributed by atoms with Gasteiger partial charge in [-0.2, -0.15) is 0 Å². The maximum absolute atomic E-state index is 4.11. The van der Waals surface area contributed by atoms with Crippen molar-refractivity contribution in [2.75, 3.05) is 0 Å². The average Bonchev–Trinajstić information content (AvgIpc) is 2.96. The third kappa shape index (κ3) is 1.18. The maximum atomic E-state index is 4.11. The lowest BCUT2D eigenvalue weighted by molar-refractivity contribution is 0.0496. The zero-order valence-corrected chi connectivity index (χ0v) is 16.2. The highest BCUT2D eigenvalue weighted by Gasteiger charge is 2.73. The van der Waals surface area contributed by atoms with Gasteiger partial charge in [0.15, 0.2) is 0 Å². The van der Waals surface area contributed by atoms with Crippen molar-refractivity contribution >= 4 is 63.7 Å². The zero-order valence-electron chi connectivity index (χ0n) is 9.85. The quantitative estimate of drug-likeness (QED) is 0.416. The van der Waals surface area contributed by atoms with Crippen LogP contribution in [0.5, 0.6) is 0 Å². The van der Waals surface area contributed by atoms with E-state index in [1.165, 1.54) is 12.8 Å². The molecule has 4 heteroatoms. The fourth-order valence-electron chi connectivity index (χ4n) is 6.82. The van der Waals surface area contributed by atoms with Crippen molar-refractivity contribution in [2.24, 2.45) is 47.3 Å². The van der Waals surface area contributed by atoms with Crippen molar-refractivity contribution in [2.45, 2.75) is 32.2 Å². The summed E-state index contributed by atoms with van der Waals surface area (Å²) in [6.45, 7) is 0. The molecule has 6 bridgehead atoms. The summed E-state index contributed by atoms with van der Waals surface area (Å²) < 4.78 is 0. The minimum absolute atomic E-state index is 0.776. The first-order valence-corrected chi connectivity index (χ1v) is 10.8. The second kappa shape index (κ2) is 3.81. The molecule has 0 aromatic rings. The van der Waals surface area contributed by atoms with Gasteiger partial charge in [0, 0.05) is 19.3 Å². The van der Waals surface area contributed by atoms with Crippen molar-refractivity contribution in [3.8, 4) is 0 Å². The monoisotopic (exact) mass is 500 g/mol. The number of hydrogen-bond donors (Lipinski definition) is 0. The number of hydrogen-bond acceptors (Lipinski definition) is 0. The van der Waals surface area contributed by atoms with Crippen LogP contribution in [0.15, 0.2) is 0 Å². The van der Waals surface area contributed by atoms with Gasteiger partial charge in [0.1, 0.15) is 0 Å². The Labute approximate surface area is 142 Å². The van der Waals surface area contributed by atoms with E-state index in [1.54, 1.807) is 0 Å². The van der Waals surface area contributed by atoms with Gasteiger partial charge in [-0.1, -0.05) is 63.7 Å². The van der Waals surface area contributed by atoms with E-state index in [0.717, 1.165) is 66.7 Å². The molecule has 0 saturated heterocycles. The van der Waals surface area contributed by atoms with E-state index >= 15 is 0 Å². The molecule has 100 valence electrons. The molecule has 0 radical (unpaired) electrons. The van der Waals surface area contributed by atoms with Crippen molar-refractivity contribution in [1.82, 2.24) is 0 Å². The van der Waals surface area contributed by atoms with Gasteiger partial charge in [-0.05, 0) is 60.2 Å². The first-order valence-electron chi connectivity index (χ1n) is 7.17.